The van der Waals surface area contributed by atoms with Crippen LogP contribution in [0.15, 0.2) is 54.6 Å². The molecule has 1 aliphatic rings. The molecule has 164 valence electrons. The minimum atomic E-state index is -3.44. The van der Waals surface area contributed by atoms with Crippen LogP contribution in [0.1, 0.15) is 37.9 Å². The minimum Gasteiger partial charge on any atom is -0.369 e. The summed E-state index contributed by atoms with van der Waals surface area (Å²) in [7, 11) is -1.28. The number of nitrogens with zero attached hydrogens (tertiary/aromatic N) is 3. The Morgan fingerprint density at radius 2 is 1.50 bits per heavy atom. The summed E-state index contributed by atoms with van der Waals surface area (Å²) in [6.45, 7) is 10.8. The van der Waals surface area contributed by atoms with Crippen molar-refractivity contribution in [2.24, 2.45) is 5.92 Å². The van der Waals surface area contributed by atoms with Crippen LogP contribution in [-0.2, 0) is 15.8 Å². The Morgan fingerprint density at radius 3 is 2.07 bits per heavy atom. The largest absolute Gasteiger partial charge is 0.369 e. The Bertz CT molecular complexity index is 890. The zero-order valence-corrected chi connectivity index (χ0v) is 19.5. The van der Waals surface area contributed by atoms with Crippen molar-refractivity contribution in [3.63, 3.8) is 0 Å². The van der Waals surface area contributed by atoms with Crippen LogP contribution in [-0.4, -0.2) is 57.4 Å². The van der Waals surface area contributed by atoms with Crippen LogP contribution in [0.4, 0.5) is 5.69 Å². The van der Waals surface area contributed by atoms with Gasteiger partial charge in [0.05, 0.1) is 5.75 Å². The van der Waals surface area contributed by atoms with E-state index < -0.39 is 10.0 Å². The summed E-state index contributed by atoms with van der Waals surface area (Å²) in [6.07, 6.45) is 0. The van der Waals surface area contributed by atoms with E-state index in [0.29, 0.717) is 6.54 Å². The molecule has 0 saturated carbocycles. The third-order valence-electron chi connectivity index (χ3n) is 5.77. The minimum absolute atomic E-state index is 0.0320. The van der Waals surface area contributed by atoms with Crippen LogP contribution < -0.4 is 4.90 Å². The van der Waals surface area contributed by atoms with E-state index in [1.54, 1.807) is 4.31 Å². The number of benzene rings is 2. The van der Waals surface area contributed by atoms with E-state index in [2.05, 4.69) is 55.0 Å². The second-order valence-corrected chi connectivity index (χ2v) is 10.7. The standard InChI is InChI=1S/C24H35N3O2S/c1-20(2)18-27(30(28,29)19-22-8-6-5-7-9-22)21(3)23-10-12-24(13-11-23)26-16-14-25(4)15-17-26/h5-13,20-21H,14-19H2,1-4H3/t21-/m0/s1. The number of likely N-dealkylation sites (N-methyl/N-ethyl adjacent to an activating group) is 1. The fourth-order valence-corrected chi connectivity index (χ4v) is 5.84. The van der Waals surface area contributed by atoms with Crippen LogP contribution in [0.5, 0.6) is 0 Å². The average molecular weight is 430 g/mol. The lowest BCUT2D eigenvalue weighted by Gasteiger charge is -2.34. The van der Waals surface area contributed by atoms with E-state index in [1.165, 1.54) is 5.69 Å². The van der Waals surface area contributed by atoms with Gasteiger partial charge in [-0.3, -0.25) is 0 Å². The number of hydrogen-bond acceptors (Lipinski definition) is 4. The molecular formula is C24H35N3O2S. The molecule has 0 aromatic heterocycles. The highest BCUT2D eigenvalue weighted by Crippen LogP contribution is 2.28. The first-order chi connectivity index (χ1) is 14.3. The van der Waals surface area contributed by atoms with E-state index in [1.807, 2.05) is 37.3 Å². The van der Waals surface area contributed by atoms with Crippen LogP contribution >= 0.6 is 0 Å². The zero-order valence-electron chi connectivity index (χ0n) is 18.7. The van der Waals surface area contributed by atoms with Crippen LogP contribution in [0.2, 0.25) is 0 Å². The van der Waals surface area contributed by atoms with Gasteiger partial charge in [0.1, 0.15) is 0 Å². The van der Waals surface area contributed by atoms with Crippen molar-refractivity contribution < 1.29 is 8.42 Å². The summed E-state index contributed by atoms with van der Waals surface area (Å²) < 4.78 is 28.3. The van der Waals surface area contributed by atoms with Crippen molar-refractivity contribution in [3.05, 3.63) is 65.7 Å². The molecule has 5 nitrogen and oxygen atoms in total. The second-order valence-electron chi connectivity index (χ2n) is 8.76. The summed E-state index contributed by atoms with van der Waals surface area (Å²) in [5.41, 5.74) is 3.07. The van der Waals surface area contributed by atoms with Gasteiger partial charge in [0.25, 0.3) is 0 Å². The molecule has 0 spiro atoms. The third-order valence-corrected chi connectivity index (χ3v) is 7.65. The maximum Gasteiger partial charge on any atom is 0.218 e. The lowest BCUT2D eigenvalue weighted by Crippen LogP contribution is -2.44. The fourth-order valence-electron chi connectivity index (χ4n) is 3.93. The number of piperazine rings is 1. The Hall–Kier alpha value is -1.89. The highest BCUT2D eigenvalue weighted by atomic mass is 32.2. The lowest BCUT2D eigenvalue weighted by atomic mass is 10.1. The van der Waals surface area contributed by atoms with Gasteiger partial charge in [-0.2, -0.15) is 4.31 Å². The van der Waals surface area contributed by atoms with Gasteiger partial charge in [-0.15, -0.1) is 0 Å². The Kier molecular flexibility index (Phi) is 7.55. The van der Waals surface area contributed by atoms with Gasteiger partial charge in [-0.1, -0.05) is 56.3 Å². The number of hydrogen-bond donors (Lipinski definition) is 0. The zero-order chi connectivity index (χ0) is 21.7. The molecule has 1 fully saturated rings. The maximum absolute atomic E-state index is 13.3. The molecular weight excluding hydrogens is 394 g/mol. The molecule has 30 heavy (non-hydrogen) atoms. The average Bonchev–Trinajstić information content (AvgIpc) is 2.72. The van der Waals surface area contributed by atoms with Crippen molar-refractivity contribution in [1.82, 2.24) is 9.21 Å². The predicted octanol–water partition coefficient (Wildman–Crippen LogP) is 3.99. The van der Waals surface area contributed by atoms with Crippen LogP contribution in [0, 0.1) is 5.92 Å². The summed E-state index contributed by atoms with van der Waals surface area (Å²) in [6, 6.07) is 17.7. The van der Waals surface area contributed by atoms with Gasteiger partial charge in [-0.25, -0.2) is 8.42 Å². The van der Waals surface area contributed by atoms with Gasteiger partial charge < -0.3 is 9.80 Å². The molecule has 0 unspecified atom stereocenters. The molecule has 1 heterocycles. The van der Waals surface area contributed by atoms with Gasteiger partial charge in [0.2, 0.25) is 10.0 Å². The number of rotatable bonds is 8. The lowest BCUT2D eigenvalue weighted by molar-refractivity contribution is 0.308. The monoisotopic (exact) mass is 429 g/mol. The Balaban J connectivity index is 1.78. The first-order valence-electron chi connectivity index (χ1n) is 10.8. The van der Waals surface area contributed by atoms with Gasteiger partial charge in [-0.05, 0) is 43.1 Å². The SMILES string of the molecule is CC(C)CN([C@@H](C)c1ccc(N2CCN(C)CC2)cc1)S(=O)(=O)Cc1ccccc1. The van der Waals surface area contributed by atoms with Crippen molar-refractivity contribution >= 4 is 15.7 Å². The molecule has 3 rings (SSSR count). The normalized spacial score (nSPS) is 16.9. The number of anilines is 1. The van der Waals surface area contributed by atoms with Crippen LogP contribution in [0.25, 0.3) is 0 Å². The molecule has 2 aromatic carbocycles. The molecule has 0 N–H and O–H groups in total. The topological polar surface area (TPSA) is 43.9 Å². The smallest absolute Gasteiger partial charge is 0.218 e. The molecule has 1 aliphatic heterocycles. The second kappa shape index (κ2) is 9.94. The van der Waals surface area contributed by atoms with Crippen molar-refractivity contribution in [2.45, 2.75) is 32.6 Å². The third kappa shape index (κ3) is 5.84. The summed E-state index contributed by atoms with van der Waals surface area (Å²) in [5, 5.41) is 0. The highest BCUT2D eigenvalue weighted by molar-refractivity contribution is 7.88. The van der Waals surface area contributed by atoms with Gasteiger partial charge in [0, 0.05) is 44.5 Å². The van der Waals surface area contributed by atoms with E-state index in [-0.39, 0.29) is 17.7 Å². The van der Waals surface area contributed by atoms with E-state index in [4.69, 9.17) is 0 Å². The van der Waals surface area contributed by atoms with Crippen molar-refractivity contribution in [3.8, 4) is 0 Å². The molecule has 0 aliphatic carbocycles. The molecule has 2 aromatic rings. The van der Waals surface area contributed by atoms with E-state index >= 15 is 0 Å². The summed E-state index contributed by atoms with van der Waals surface area (Å²) >= 11 is 0. The first kappa shape index (κ1) is 22.8. The molecule has 0 radical (unpaired) electrons. The van der Waals surface area contributed by atoms with E-state index in [9.17, 15) is 8.42 Å². The Labute approximate surface area is 182 Å². The number of sulfonamides is 1. The van der Waals surface area contributed by atoms with E-state index in [0.717, 1.165) is 37.3 Å². The first-order valence-corrected chi connectivity index (χ1v) is 12.4. The predicted molar refractivity (Wildman–Crippen MR) is 125 cm³/mol. The van der Waals surface area contributed by atoms with Crippen molar-refractivity contribution in [2.75, 3.05) is 44.7 Å². The van der Waals surface area contributed by atoms with Gasteiger partial charge in [0.15, 0.2) is 0 Å². The summed E-state index contributed by atoms with van der Waals surface area (Å²) in [5.74, 6) is 0.284. The fraction of sp³-hybridized carbons (Fsp3) is 0.500. The maximum atomic E-state index is 13.3. The highest BCUT2D eigenvalue weighted by Gasteiger charge is 2.29. The van der Waals surface area contributed by atoms with Crippen LogP contribution in [0.3, 0.4) is 0 Å². The molecule has 0 amide bonds. The quantitative estimate of drug-likeness (QED) is 0.637. The molecule has 0 bridgehead atoms. The molecule has 1 saturated heterocycles. The molecule has 6 heteroatoms. The molecule has 1 atom stereocenters. The van der Waals surface area contributed by atoms with Gasteiger partial charge >= 0.3 is 0 Å². The summed E-state index contributed by atoms with van der Waals surface area (Å²) in [4.78, 5) is 4.74. The Morgan fingerprint density at radius 1 is 0.900 bits per heavy atom. The van der Waals surface area contributed by atoms with Crippen molar-refractivity contribution in [1.29, 1.82) is 0 Å².